The number of piperidine rings is 1. The van der Waals surface area contributed by atoms with Gasteiger partial charge in [0.05, 0.1) is 17.1 Å². The zero-order valence-electron chi connectivity index (χ0n) is 16.5. The number of para-hydroxylation sites is 1. The molecular weight excluding hydrogens is 419 g/mol. The van der Waals surface area contributed by atoms with Crippen molar-refractivity contribution in [2.24, 2.45) is 5.92 Å². The Morgan fingerprint density at radius 1 is 1.23 bits per heavy atom. The fourth-order valence-electron chi connectivity index (χ4n) is 3.37. The molecule has 162 valence electrons. The van der Waals surface area contributed by atoms with Crippen LogP contribution in [0.2, 0.25) is 5.02 Å². The highest BCUT2D eigenvalue weighted by Gasteiger charge is 2.32. The number of aromatic nitrogens is 1. The van der Waals surface area contributed by atoms with Crippen molar-refractivity contribution in [2.45, 2.75) is 19.0 Å². The molecule has 2 heterocycles. The number of likely N-dealkylation sites (N-methyl/N-ethyl adjacent to an activating group) is 1. The van der Waals surface area contributed by atoms with Crippen LogP contribution in [0, 0.1) is 5.92 Å². The number of alkyl halides is 3. The predicted octanol–water partition coefficient (Wildman–Crippen LogP) is 4.51. The molecule has 3 rings (SSSR count). The van der Waals surface area contributed by atoms with Gasteiger partial charge in [-0.15, -0.1) is 0 Å². The van der Waals surface area contributed by atoms with Crippen LogP contribution in [0.25, 0.3) is 0 Å². The number of pyridine rings is 1. The first-order valence-electron chi connectivity index (χ1n) is 9.66. The SMILES string of the molecule is CN(CCOc1ccccc1Cl)C(=O)C1CCN(c2ccc(C(F)(F)F)cn2)CC1. The van der Waals surface area contributed by atoms with E-state index in [4.69, 9.17) is 16.3 Å². The predicted molar refractivity (Wildman–Crippen MR) is 109 cm³/mol. The number of nitrogens with zero attached hydrogens (tertiary/aromatic N) is 3. The molecule has 1 aromatic heterocycles. The van der Waals surface area contributed by atoms with Crippen LogP contribution in [0.5, 0.6) is 5.75 Å². The summed E-state index contributed by atoms with van der Waals surface area (Å²) in [7, 11) is 1.74. The third-order valence-electron chi connectivity index (χ3n) is 5.14. The van der Waals surface area contributed by atoms with Gasteiger partial charge in [-0.05, 0) is 37.1 Å². The first kappa shape index (κ1) is 22.2. The van der Waals surface area contributed by atoms with Crippen LogP contribution in [0.4, 0.5) is 19.0 Å². The first-order valence-corrected chi connectivity index (χ1v) is 10.0. The summed E-state index contributed by atoms with van der Waals surface area (Å²) in [6.45, 7) is 1.91. The molecule has 0 unspecified atom stereocenters. The van der Waals surface area contributed by atoms with Crippen LogP contribution < -0.4 is 9.64 Å². The molecule has 1 saturated heterocycles. The summed E-state index contributed by atoms with van der Waals surface area (Å²) in [5.74, 6) is 0.992. The van der Waals surface area contributed by atoms with Crippen molar-refractivity contribution < 1.29 is 22.7 Å². The molecule has 0 aliphatic carbocycles. The zero-order valence-corrected chi connectivity index (χ0v) is 17.3. The maximum atomic E-state index is 12.7. The Balaban J connectivity index is 1.46. The highest BCUT2D eigenvalue weighted by atomic mass is 35.5. The molecule has 1 aliphatic rings. The second-order valence-corrected chi connectivity index (χ2v) is 7.61. The van der Waals surface area contributed by atoms with E-state index in [-0.39, 0.29) is 11.8 Å². The Hall–Kier alpha value is -2.48. The Labute approximate surface area is 178 Å². The lowest BCUT2D eigenvalue weighted by molar-refractivity contribution is -0.138. The molecule has 9 heteroatoms. The minimum Gasteiger partial charge on any atom is -0.490 e. The number of hydrogen-bond donors (Lipinski definition) is 0. The van der Waals surface area contributed by atoms with Crippen LogP contribution in [-0.4, -0.2) is 49.1 Å². The summed E-state index contributed by atoms with van der Waals surface area (Å²) < 4.78 is 43.6. The summed E-state index contributed by atoms with van der Waals surface area (Å²) in [5, 5.41) is 0.524. The molecule has 5 nitrogen and oxygen atoms in total. The number of benzene rings is 1. The normalized spacial score (nSPS) is 15.2. The molecule has 30 heavy (non-hydrogen) atoms. The van der Waals surface area contributed by atoms with Gasteiger partial charge in [-0.3, -0.25) is 4.79 Å². The molecule has 1 aromatic carbocycles. The highest BCUT2D eigenvalue weighted by molar-refractivity contribution is 6.32. The number of anilines is 1. The smallest absolute Gasteiger partial charge is 0.417 e. The van der Waals surface area contributed by atoms with Crippen LogP contribution in [0.3, 0.4) is 0 Å². The van der Waals surface area contributed by atoms with Crippen molar-refractivity contribution in [1.29, 1.82) is 0 Å². The Morgan fingerprint density at radius 2 is 1.93 bits per heavy atom. The van der Waals surface area contributed by atoms with Gasteiger partial charge >= 0.3 is 6.18 Å². The number of rotatable bonds is 6. The van der Waals surface area contributed by atoms with Gasteiger partial charge in [-0.2, -0.15) is 13.2 Å². The topological polar surface area (TPSA) is 45.7 Å². The van der Waals surface area contributed by atoms with Crippen molar-refractivity contribution in [2.75, 3.05) is 38.2 Å². The van der Waals surface area contributed by atoms with E-state index < -0.39 is 11.7 Å². The molecule has 1 aliphatic heterocycles. The lowest BCUT2D eigenvalue weighted by Crippen LogP contribution is -2.42. The maximum absolute atomic E-state index is 12.7. The molecule has 1 fully saturated rings. The lowest BCUT2D eigenvalue weighted by atomic mass is 9.95. The maximum Gasteiger partial charge on any atom is 0.417 e. The van der Waals surface area contributed by atoms with Crippen LogP contribution in [0.15, 0.2) is 42.6 Å². The van der Waals surface area contributed by atoms with E-state index in [0.717, 1.165) is 12.3 Å². The third-order valence-corrected chi connectivity index (χ3v) is 5.45. The lowest BCUT2D eigenvalue weighted by Gasteiger charge is -2.34. The fourth-order valence-corrected chi connectivity index (χ4v) is 3.56. The number of halogens is 4. The van der Waals surface area contributed by atoms with Crippen molar-refractivity contribution in [1.82, 2.24) is 9.88 Å². The standard InChI is InChI=1S/C21H23ClF3N3O2/c1-27(12-13-30-18-5-3-2-4-17(18)22)20(29)15-8-10-28(11-9-15)19-7-6-16(14-26-19)21(23,24)25/h2-7,14-15H,8-13H2,1H3. The van der Waals surface area contributed by atoms with Gasteiger partial charge in [0.15, 0.2) is 0 Å². The van der Waals surface area contributed by atoms with E-state index in [0.29, 0.717) is 55.7 Å². The number of amides is 1. The summed E-state index contributed by atoms with van der Waals surface area (Å²) >= 11 is 6.05. The number of ether oxygens (including phenoxy) is 1. The molecule has 0 atom stereocenters. The van der Waals surface area contributed by atoms with Crippen molar-refractivity contribution in [3.8, 4) is 5.75 Å². The average Bonchev–Trinajstić information content (AvgIpc) is 2.74. The van der Waals surface area contributed by atoms with Gasteiger partial charge in [0.1, 0.15) is 18.2 Å². The fraction of sp³-hybridized carbons (Fsp3) is 0.429. The Morgan fingerprint density at radius 3 is 2.53 bits per heavy atom. The Bertz CT molecular complexity index is 853. The minimum atomic E-state index is -4.40. The van der Waals surface area contributed by atoms with Gasteiger partial charge in [0.25, 0.3) is 0 Å². The molecule has 0 N–H and O–H groups in total. The summed E-state index contributed by atoms with van der Waals surface area (Å²) in [6.07, 6.45) is -2.31. The van der Waals surface area contributed by atoms with Crippen molar-refractivity contribution >= 4 is 23.3 Å². The number of carbonyl (C=O) groups is 1. The average molecular weight is 442 g/mol. The third kappa shape index (κ3) is 5.56. The first-order chi connectivity index (χ1) is 14.3. The van der Waals surface area contributed by atoms with Crippen LogP contribution in [-0.2, 0) is 11.0 Å². The highest BCUT2D eigenvalue weighted by Crippen LogP contribution is 2.30. The van der Waals surface area contributed by atoms with E-state index in [1.54, 1.807) is 24.1 Å². The quantitative estimate of drug-likeness (QED) is 0.661. The molecular formula is C21H23ClF3N3O2. The van der Waals surface area contributed by atoms with E-state index in [1.165, 1.54) is 6.07 Å². The number of hydrogen-bond acceptors (Lipinski definition) is 4. The minimum absolute atomic E-state index is 0.0396. The van der Waals surface area contributed by atoms with E-state index in [9.17, 15) is 18.0 Å². The number of carbonyl (C=O) groups excluding carboxylic acids is 1. The molecule has 0 saturated carbocycles. The summed E-state index contributed by atoms with van der Waals surface area (Å²) in [6, 6.07) is 9.57. The molecule has 0 radical (unpaired) electrons. The monoisotopic (exact) mass is 441 g/mol. The van der Waals surface area contributed by atoms with Crippen LogP contribution in [0.1, 0.15) is 18.4 Å². The zero-order chi connectivity index (χ0) is 21.7. The second-order valence-electron chi connectivity index (χ2n) is 7.20. The van der Waals surface area contributed by atoms with Crippen LogP contribution >= 0.6 is 11.6 Å². The molecule has 0 spiro atoms. The van der Waals surface area contributed by atoms with Gasteiger partial charge in [0, 0.05) is 32.3 Å². The van der Waals surface area contributed by atoms with E-state index in [1.807, 2.05) is 17.0 Å². The largest absolute Gasteiger partial charge is 0.490 e. The van der Waals surface area contributed by atoms with Gasteiger partial charge < -0.3 is 14.5 Å². The van der Waals surface area contributed by atoms with E-state index >= 15 is 0 Å². The Kier molecular flexibility index (Phi) is 7.07. The van der Waals surface area contributed by atoms with E-state index in [2.05, 4.69) is 4.98 Å². The molecule has 0 bridgehead atoms. The summed E-state index contributed by atoms with van der Waals surface area (Å²) in [4.78, 5) is 20.2. The van der Waals surface area contributed by atoms with Crippen molar-refractivity contribution in [3.05, 3.63) is 53.2 Å². The van der Waals surface area contributed by atoms with Gasteiger partial charge in [-0.25, -0.2) is 4.98 Å². The van der Waals surface area contributed by atoms with Gasteiger partial charge in [0.2, 0.25) is 5.91 Å². The van der Waals surface area contributed by atoms with Gasteiger partial charge in [-0.1, -0.05) is 23.7 Å². The molecule has 2 aromatic rings. The summed E-state index contributed by atoms with van der Waals surface area (Å²) in [5.41, 5.74) is -0.767. The van der Waals surface area contributed by atoms with Crippen molar-refractivity contribution in [3.63, 3.8) is 0 Å². The molecule has 1 amide bonds. The second kappa shape index (κ2) is 9.55.